The Morgan fingerprint density at radius 2 is 1.93 bits per heavy atom. The summed E-state index contributed by atoms with van der Waals surface area (Å²) < 4.78 is 12.9. The third-order valence-electron chi connectivity index (χ3n) is 3.19. The Morgan fingerprint density at radius 3 is 2.36 bits per heavy atom. The zero-order chi connectivity index (χ0) is 10.2. The van der Waals surface area contributed by atoms with Crippen LogP contribution in [0.3, 0.4) is 0 Å². The molecule has 0 radical (unpaired) electrons. The molecular formula is C12H15FO. The summed E-state index contributed by atoms with van der Waals surface area (Å²) in [6, 6.07) is 8.02. The summed E-state index contributed by atoms with van der Waals surface area (Å²) in [5.74, 6) is 0. The van der Waals surface area contributed by atoms with Gasteiger partial charge in [-0.2, -0.15) is 0 Å². The largest absolute Gasteiger partial charge is 0.395 e. The Kier molecular flexibility index (Phi) is 2.31. The molecule has 76 valence electrons. The number of alkyl halides is 1. The first kappa shape index (κ1) is 9.66. The minimum atomic E-state index is -0.733. The van der Waals surface area contributed by atoms with Gasteiger partial charge >= 0.3 is 0 Å². The van der Waals surface area contributed by atoms with Crippen molar-refractivity contribution in [2.24, 2.45) is 0 Å². The molecule has 0 saturated heterocycles. The van der Waals surface area contributed by atoms with Gasteiger partial charge in [0.2, 0.25) is 0 Å². The molecule has 0 aliphatic heterocycles. The topological polar surface area (TPSA) is 20.2 Å². The van der Waals surface area contributed by atoms with Crippen LogP contribution in [0.5, 0.6) is 0 Å². The molecular weight excluding hydrogens is 179 g/mol. The Hall–Kier alpha value is -0.890. The molecule has 0 atom stereocenters. The standard InChI is InChI=1S/C12H15FO/c1-9-2-4-10(5-3-9)12(8-14)6-11(13)7-12/h2-5,11,14H,6-8H2,1H3. The van der Waals surface area contributed by atoms with Crippen LogP contribution in [0.4, 0.5) is 4.39 Å². The van der Waals surface area contributed by atoms with Crippen LogP contribution in [-0.2, 0) is 5.41 Å². The fourth-order valence-corrected chi connectivity index (χ4v) is 2.15. The summed E-state index contributed by atoms with van der Waals surface area (Å²) in [5.41, 5.74) is 1.96. The molecule has 1 N–H and O–H groups in total. The van der Waals surface area contributed by atoms with Crippen LogP contribution in [0.2, 0.25) is 0 Å². The van der Waals surface area contributed by atoms with E-state index < -0.39 is 6.17 Å². The molecule has 1 aliphatic rings. The van der Waals surface area contributed by atoms with Gasteiger partial charge in [-0.3, -0.25) is 0 Å². The zero-order valence-corrected chi connectivity index (χ0v) is 8.33. The lowest BCUT2D eigenvalue weighted by molar-refractivity contribution is 0.0410. The predicted octanol–water partition coefficient (Wildman–Crippen LogP) is 2.36. The minimum Gasteiger partial charge on any atom is -0.395 e. The van der Waals surface area contributed by atoms with Gasteiger partial charge in [-0.05, 0) is 25.3 Å². The lowest BCUT2D eigenvalue weighted by atomic mass is 9.64. The van der Waals surface area contributed by atoms with Crippen LogP contribution in [0.25, 0.3) is 0 Å². The van der Waals surface area contributed by atoms with Crippen molar-refractivity contribution in [1.82, 2.24) is 0 Å². The third-order valence-corrected chi connectivity index (χ3v) is 3.19. The Bertz CT molecular complexity index is 312. The molecule has 2 rings (SSSR count). The summed E-state index contributed by atoms with van der Waals surface area (Å²) in [4.78, 5) is 0. The summed E-state index contributed by atoms with van der Waals surface area (Å²) in [7, 11) is 0. The molecule has 0 aromatic heterocycles. The van der Waals surface area contributed by atoms with Gasteiger partial charge < -0.3 is 5.11 Å². The zero-order valence-electron chi connectivity index (χ0n) is 8.33. The predicted molar refractivity (Wildman–Crippen MR) is 54.1 cm³/mol. The van der Waals surface area contributed by atoms with Gasteiger partial charge in [0.1, 0.15) is 6.17 Å². The van der Waals surface area contributed by atoms with Crippen LogP contribution < -0.4 is 0 Å². The second-order valence-corrected chi connectivity index (χ2v) is 4.31. The van der Waals surface area contributed by atoms with E-state index in [1.54, 1.807) is 0 Å². The summed E-state index contributed by atoms with van der Waals surface area (Å²) in [5, 5.41) is 9.31. The van der Waals surface area contributed by atoms with Crippen molar-refractivity contribution in [3.63, 3.8) is 0 Å². The van der Waals surface area contributed by atoms with Gasteiger partial charge in [-0.1, -0.05) is 29.8 Å². The van der Waals surface area contributed by atoms with E-state index in [1.165, 1.54) is 5.56 Å². The van der Waals surface area contributed by atoms with E-state index in [9.17, 15) is 9.50 Å². The highest BCUT2D eigenvalue weighted by molar-refractivity contribution is 5.31. The fraction of sp³-hybridized carbons (Fsp3) is 0.500. The molecule has 14 heavy (non-hydrogen) atoms. The number of aliphatic hydroxyl groups is 1. The van der Waals surface area contributed by atoms with Crippen molar-refractivity contribution in [1.29, 1.82) is 0 Å². The summed E-state index contributed by atoms with van der Waals surface area (Å²) in [6.45, 7) is 2.07. The number of halogens is 1. The second-order valence-electron chi connectivity index (χ2n) is 4.31. The summed E-state index contributed by atoms with van der Waals surface area (Å²) >= 11 is 0. The number of hydrogen-bond acceptors (Lipinski definition) is 1. The van der Waals surface area contributed by atoms with Gasteiger partial charge in [-0.25, -0.2) is 4.39 Å². The second kappa shape index (κ2) is 3.35. The normalized spacial score (nSPS) is 31.2. The van der Waals surface area contributed by atoms with Crippen molar-refractivity contribution >= 4 is 0 Å². The number of aliphatic hydroxyl groups excluding tert-OH is 1. The smallest absolute Gasteiger partial charge is 0.102 e. The number of benzene rings is 1. The lowest BCUT2D eigenvalue weighted by Crippen LogP contribution is -2.45. The van der Waals surface area contributed by atoms with Gasteiger partial charge in [0.25, 0.3) is 0 Å². The number of aryl methyl sites for hydroxylation is 1. The van der Waals surface area contributed by atoms with Gasteiger partial charge in [-0.15, -0.1) is 0 Å². The van der Waals surface area contributed by atoms with Gasteiger partial charge in [0, 0.05) is 5.41 Å². The first-order chi connectivity index (χ1) is 6.66. The molecule has 0 bridgehead atoms. The van der Waals surface area contributed by atoms with E-state index in [4.69, 9.17) is 0 Å². The Morgan fingerprint density at radius 1 is 1.36 bits per heavy atom. The highest BCUT2D eigenvalue weighted by Crippen LogP contribution is 2.45. The Labute approximate surface area is 83.6 Å². The molecule has 1 aromatic rings. The van der Waals surface area contributed by atoms with Crippen molar-refractivity contribution < 1.29 is 9.50 Å². The highest BCUT2D eigenvalue weighted by Gasteiger charge is 2.45. The van der Waals surface area contributed by atoms with Gasteiger partial charge in [0.05, 0.1) is 6.61 Å². The van der Waals surface area contributed by atoms with Crippen LogP contribution in [0, 0.1) is 6.92 Å². The molecule has 1 saturated carbocycles. The van der Waals surface area contributed by atoms with E-state index in [-0.39, 0.29) is 12.0 Å². The third kappa shape index (κ3) is 1.44. The maximum Gasteiger partial charge on any atom is 0.102 e. The van der Waals surface area contributed by atoms with Crippen LogP contribution in [-0.4, -0.2) is 17.9 Å². The molecule has 1 nitrogen and oxygen atoms in total. The molecule has 1 aliphatic carbocycles. The van der Waals surface area contributed by atoms with Crippen molar-refractivity contribution in [2.45, 2.75) is 31.4 Å². The molecule has 0 spiro atoms. The van der Waals surface area contributed by atoms with Crippen molar-refractivity contribution in [2.75, 3.05) is 6.61 Å². The van der Waals surface area contributed by atoms with E-state index in [0.29, 0.717) is 12.8 Å². The molecule has 0 unspecified atom stereocenters. The average Bonchev–Trinajstić information content (AvgIpc) is 2.14. The molecule has 1 aromatic carbocycles. The fourth-order valence-electron chi connectivity index (χ4n) is 2.15. The molecule has 0 heterocycles. The highest BCUT2D eigenvalue weighted by atomic mass is 19.1. The van der Waals surface area contributed by atoms with Crippen molar-refractivity contribution in [3.8, 4) is 0 Å². The molecule has 2 heteroatoms. The number of hydrogen-bond donors (Lipinski definition) is 1. The van der Waals surface area contributed by atoms with E-state index in [2.05, 4.69) is 0 Å². The van der Waals surface area contributed by atoms with Crippen molar-refractivity contribution in [3.05, 3.63) is 35.4 Å². The Balaban J connectivity index is 2.25. The van der Waals surface area contributed by atoms with E-state index in [1.807, 2.05) is 31.2 Å². The van der Waals surface area contributed by atoms with E-state index in [0.717, 1.165) is 5.56 Å². The monoisotopic (exact) mass is 194 g/mol. The maximum atomic E-state index is 12.9. The molecule has 0 amide bonds. The number of rotatable bonds is 2. The quantitative estimate of drug-likeness (QED) is 0.766. The lowest BCUT2D eigenvalue weighted by Gasteiger charge is -2.43. The van der Waals surface area contributed by atoms with Crippen LogP contribution >= 0.6 is 0 Å². The maximum absolute atomic E-state index is 12.9. The average molecular weight is 194 g/mol. The minimum absolute atomic E-state index is 0.0521. The van der Waals surface area contributed by atoms with E-state index >= 15 is 0 Å². The van der Waals surface area contributed by atoms with Crippen LogP contribution in [0.15, 0.2) is 24.3 Å². The van der Waals surface area contributed by atoms with Crippen LogP contribution in [0.1, 0.15) is 24.0 Å². The SMILES string of the molecule is Cc1ccc(C2(CO)CC(F)C2)cc1. The van der Waals surface area contributed by atoms with Gasteiger partial charge in [0.15, 0.2) is 0 Å². The molecule has 1 fully saturated rings. The first-order valence-electron chi connectivity index (χ1n) is 4.98. The summed E-state index contributed by atoms with van der Waals surface area (Å²) in [6.07, 6.45) is 0.197. The first-order valence-corrected chi connectivity index (χ1v) is 4.98.